The molecular formula is C14H17N3O2. The summed E-state index contributed by atoms with van der Waals surface area (Å²) in [5.41, 5.74) is 2.46. The maximum atomic E-state index is 11.8. The minimum atomic E-state index is -0.0664. The van der Waals surface area contributed by atoms with Crippen molar-refractivity contribution in [2.45, 2.75) is 26.7 Å². The normalized spacial score (nSPS) is 10.5. The summed E-state index contributed by atoms with van der Waals surface area (Å²) < 4.78 is 5.01. The quantitative estimate of drug-likeness (QED) is 0.906. The monoisotopic (exact) mass is 259 g/mol. The minimum absolute atomic E-state index is 0.0664. The lowest BCUT2D eigenvalue weighted by molar-refractivity contribution is 0.397. The first-order valence-electron chi connectivity index (χ1n) is 6.21. The first-order valence-corrected chi connectivity index (χ1v) is 6.21. The van der Waals surface area contributed by atoms with E-state index in [-0.39, 0.29) is 5.56 Å². The number of aromatic nitrogens is 3. The Morgan fingerprint density at radius 3 is 2.74 bits per heavy atom. The fourth-order valence-corrected chi connectivity index (χ4v) is 1.89. The van der Waals surface area contributed by atoms with Crippen molar-refractivity contribution in [3.05, 3.63) is 51.3 Å². The molecular weight excluding hydrogens is 242 g/mol. The molecule has 0 aromatic carbocycles. The molecule has 5 nitrogen and oxygen atoms in total. The molecule has 0 aliphatic carbocycles. The highest BCUT2D eigenvalue weighted by atomic mass is 16.5. The highest BCUT2D eigenvalue weighted by Crippen LogP contribution is 2.10. The van der Waals surface area contributed by atoms with Crippen LogP contribution in [0.2, 0.25) is 0 Å². The van der Waals surface area contributed by atoms with Crippen LogP contribution in [0.1, 0.15) is 29.6 Å². The van der Waals surface area contributed by atoms with Gasteiger partial charge in [0.05, 0.1) is 12.8 Å². The summed E-state index contributed by atoms with van der Waals surface area (Å²) in [5, 5.41) is 0. The summed E-state index contributed by atoms with van der Waals surface area (Å²) in [6, 6.07) is 3.71. The zero-order valence-corrected chi connectivity index (χ0v) is 11.4. The molecule has 0 spiro atoms. The maximum absolute atomic E-state index is 11.8. The van der Waals surface area contributed by atoms with Gasteiger partial charge < -0.3 is 9.72 Å². The van der Waals surface area contributed by atoms with Crippen LogP contribution in [0, 0.1) is 6.92 Å². The molecule has 0 atom stereocenters. The van der Waals surface area contributed by atoms with E-state index in [1.165, 1.54) is 0 Å². The Kier molecular flexibility index (Phi) is 3.94. The number of methoxy groups -OCH3 is 1. The molecule has 100 valence electrons. The van der Waals surface area contributed by atoms with Crippen molar-refractivity contribution in [1.82, 2.24) is 15.0 Å². The molecule has 1 N–H and O–H groups in total. The predicted octanol–water partition coefficient (Wildman–Crippen LogP) is 1.64. The number of hydrogen-bond donors (Lipinski definition) is 1. The van der Waals surface area contributed by atoms with Crippen LogP contribution in [0.5, 0.6) is 5.88 Å². The third-order valence-corrected chi connectivity index (χ3v) is 3.01. The SMILES string of the molecule is CCc1nc(Cc2ccc(OC)nc2)[nH]c(=O)c1C. The van der Waals surface area contributed by atoms with E-state index in [2.05, 4.69) is 15.0 Å². The second-order valence-corrected chi connectivity index (χ2v) is 4.32. The fourth-order valence-electron chi connectivity index (χ4n) is 1.89. The topological polar surface area (TPSA) is 67.9 Å². The van der Waals surface area contributed by atoms with E-state index in [1.807, 2.05) is 13.0 Å². The van der Waals surface area contributed by atoms with Crippen LogP contribution in [-0.4, -0.2) is 22.1 Å². The van der Waals surface area contributed by atoms with Crippen LogP contribution < -0.4 is 10.3 Å². The number of ether oxygens (including phenoxy) is 1. The Morgan fingerprint density at radius 1 is 1.37 bits per heavy atom. The molecule has 19 heavy (non-hydrogen) atoms. The van der Waals surface area contributed by atoms with Crippen LogP contribution in [0.4, 0.5) is 0 Å². The number of aryl methyl sites for hydroxylation is 1. The molecule has 0 amide bonds. The highest BCUT2D eigenvalue weighted by molar-refractivity contribution is 5.22. The molecule has 2 rings (SSSR count). The summed E-state index contributed by atoms with van der Waals surface area (Å²) in [7, 11) is 1.58. The first-order chi connectivity index (χ1) is 9.13. The average Bonchev–Trinajstić information content (AvgIpc) is 2.43. The summed E-state index contributed by atoms with van der Waals surface area (Å²) in [6.07, 6.45) is 3.04. The van der Waals surface area contributed by atoms with Crippen molar-refractivity contribution in [3.63, 3.8) is 0 Å². The Bertz CT molecular complexity index is 618. The molecule has 0 saturated carbocycles. The molecule has 0 fully saturated rings. The summed E-state index contributed by atoms with van der Waals surface area (Å²) in [5.74, 6) is 1.24. The third kappa shape index (κ3) is 2.99. The number of H-pyrrole nitrogens is 1. The number of nitrogens with one attached hydrogen (secondary N) is 1. The van der Waals surface area contributed by atoms with Gasteiger partial charge in [-0.25, -0.2) is 9.97 Å². The lowest BCUT2D eigenvalue weighted by Gasteiger charge is -2.06. The van der Waals surface area contributed by atoms with Gasteiger partial charge in [0, 0.05) is 24.2 Å². The summed E-state index contributed by atoms with van der Waals surface area (Å²) >= 11 is 0. The Hall–Kier alpha value is -2.17. The van der Waals surface area contributed by atoms with Crippen molar-refractivity contribution in [3.8, 4) is 5.88 Å². The molecule has 2 aromatic heterocycles. The minimum Gasteiger partial charge on any atom is -0.481 e. The van der Waals surface area contributed by atoms with Gasteiger partial charge in [-0.2, -0.15) is 0 Å². The van der Waals surface area contributed by atoms with Gasteiger partial charge in [-0.1, -0.05) is 13.0 Å². The van der Waals surface area contributed by atoms with Gasteiger partial charge in [0.2, 0.25) is 5.88 Å². The van der Waals surface area contributed by atoms with E-state index in [0.717, 1.165) is 17.7 Å². The first kappa shape index (κ1) is 13.3. The molecule has 0 bridgehead atoms. The average molecular weight is 259 g/mol. The predicted molar refractivity (Wildman–Crippen MR) is 72.6 cm³/mol. The second kappa shape index (κ2) is 5.65. The maximum Gasteiger partial charge on any atom is 0.254 e. The van der Waals surface area contributed by atoms with Gasteiger partial charge in [0.1, 0.15) is 5.82 Å². The number of aromatic amines is 1. The smallest absolute Gasteiger partial charge is 0.254 e. The van der Waals surface area contributed by atoms with Crippen LogP contribution in [0.3, 0.4) is 0 Å². The molecule has 0 saturated heterocycles. The lowest BCUT2D eigenvalue weighted by atomic mass is 10.1. The van der Waals surface area contributed by atoms with E-state index in [9.17, 15) is 4.79 Å². The molecule has 5 heteroatoms. The Labute approximate surface area is 111 Å². The molecule has 0 aliphatic rings. The van der Waals surface area contributed by atoms with Gasteiger partial charge in [0.15, 0.2) is 0 Å². The van der Waals surface area contributed by atoms with Crippen molar-refractivity contribution in [2.75, 3.05) is 7.11 Å². The largest absolute Gasteiger partial charge is 0.481 e. The van der Waals surface area contributed by atoms with E-state index in [1.54, 1.807) is 26.3 Å². The van der Waals surface area contributed by atoms with Crippen molar-refractivity contribution >= 4 is 0 Å². The zero-order valence-electron chi connectivity index (χ0n) is 11.4. The van der Waals surface area contributed by atoms with Gasteiger partial charge in [0.25, 0.3) is 5.56 Å². The van der Waals surface area contributed by atoms with Crippen LogP contribution in [-0.2, 0) is 12.8 Å². The molecule has 2 aromatic rings. The van der Waals surface area contributed by atoms with Crippen molar-refractivity contribution in [2.24, 2.45) is 0 Å². The number of pyridine rings is 1. The van der Waals surface area contributed by atoms with Gasteiger partial charge in [-0.15, -0.1) is 0 Å². The molecule has 0 aliphatic heterocycles. The van der Waals surface area contributed by atoms with E-state index >= 15 is 0 Å². The van der Waals surface area contributed by atoms with Gasteiger partial charge >= 0.3 is 0 Å². The van der Waals surface area contributed by atoms with Crippen LogP contribution in [0.15, 0.2) is 23.1 Å². The Balaban J connectivity index is 2.27. The van der Waals surface area contributed by atoms with E-state index < -0.39 is 0 Å². The zero-order chi connectivity index (χ0) is 13.8. The van der Waals surface area contributed by atoms with Gasteiger partial charge in [-0.3, -0.25) is 4.79 Å². The molecule has 0 unspecified atom stereocenters. The van der Waals surface area contributed by atoms with E-state index in [4.69, 9.17) is 4.74 Å². The van der Waals surface area contributed by atoms with Crippen LogP contribution in [0.25, 0.3) is 0 Å². The highest BCUT2D eigenvalue weighted by Gasteiger charge is 2.07. The van der Waals surface area contributed by atoms with Gasteiger partial charge in [-0.05, 0) is 18.9 Å². The molecule has 2 heterocycles. The fraction of sp³-hybridized carbons (Fsp3) is 0.357. The van der Waals surface area contributed by atoms with Crippen molar-refractivity contribution in [1.29, 1.82) is 0 Å². The number of hydrogen-bond acceptors (Lipinski definition) is 4. The van der Waals surface area contributed by atoms with Crippen LogP contribution >= 0.6 is 0 Å². The second-order valence-electron chi connectivity index (χ2n) is 4.32. The van der Waals surface area contributed by atoms with E-state index in [0.29, 0.717) is 23.7 Å². The standard InChI is InChI=1S/C14H17N3O2/c1-4-11-9(2)14(18)17-12(16-11)7-10-5-6-13(19-3)15-8-10/h5-6,8H,4,7H2,1-3H3,(H,16,17,18). The summed E-state index contributed by atoms with van der Waals surface area (Å²) in [6.45, 7) is 3.79. The van der Waals surface area contributed by atoms with Crippen molar-refractivity contribution < 1.29 is 4.74 Å². The number of nitrogens with zero attached hydrogens (tertiary/aromatic N) is 2. The lowest BCUT2D eigenvalue weighted by Crippen LogP contribution is -2.17. The summed E-state index contributed by atoms with van der Waals surface area (Å²) in [4.78, 5) is 23.2. The Morgan fingerprint density at radius 2 is 2.16 bits per heavy atom. The molecule has 0 radical (unpaired) electrons. The number of rotatable bonds is 4. The third-order valence-electron chi connectivity index (χ3n) is 3.01.